The first kappa shape index (κ1) is 20.3. The Labute approximate surface area is 158 Å². The van der Waals surface area contributed by atoms with Crippen molar-refractivity contribution < 1.29 is 28.0 Å². The second kappa shape index (κ2) is 9.09. The number of ether oxygens (including phenoxy) is 2. The van der Waals surface area contributed by atoms with E-state index < -0.39 is 17.3 Å². The Morgan fingerprint density at radius 3 is 2.63 bits per heavy atom. The summed E-state index contributed by atoms with van der Waals surface area (Å²) in [5.74, 6) is -0.501. The molecule has 0 saturated heterocycles. The molecule has 27 heavy (non-hydrogen) atoms. The maximum atomic E-state index is 12.4. The summed E-state index contributed by atoms with van der Waals surface area (Å²) in [5.41, 5.74) is 0.213. The summed E-state index contributed by atoms with van der Waals surface area (Å²) in [6.45, 7) is -1.07. The van der Waals surface area contributed by atoms with Gasteiger partial charge in [0.05, 0.1) is 11.5 Å². The number of alkyl halides is 2. The normalized spacial score (nSPS) is 11.0. The van der Waals surface area contributed by atoms with Gasteiger partial charge in [0.25, 0.3) is 5.69 Å². The third-order valence-corrected chi connectivity index (χ3v) is 3.66. The molecule has 0 fully saturated rings. The minimum atomic E-state index is -2.99. The summed E-state index contributed by atoms with van der Waals surface area (Å²) >= 11 is 5.72. The van der Waals surface area contributed by atoms with Crippen molar-refractivity contribution in [3.63, 3.8) is 0 Å². The number of hydrogen-bond donors (Lipinski definition) is 0. The van der Waals surface area contributed by atoms with E-state index >= 15 is 0 Å². The van der Waals surface area contributed by atoms with Crippen molar-refractivity contribution in [2.45, 2.75) is 13.5 Å². The summed E-state index contributed by atoms with van der Waals surface area (Å²) in [6, 6.07) is 7.93. The molecule has 0 unspecified atom stereocenters. The average Bonchev–Trinajstić information content (AvgIpc) is 2.61. The number of rotatable bonds is 8. The van der Waals surface area contributed by atoms with E-state index in [-0.39, 0.29) is 34.4 Å². The SMILES string of the molecule is CCOc1cc(/C=C/C(=O)c2ccc(Cl)c([N+](=O)[O-])c2)ccc1OC(F)F. The highest BCUT2D eigenvalue weighted by Gasteiger charge is 2.15. The van der Waals surface area contributed by atoms with Gasteiger partial charge in [-0.15, -0.1) is 0 Å². The molecule has 0 spiro atoms. The number of allylic oxidation sites excluding steroid dienone is 1. The van der Waals surface area contributed by atoms with Gasteiger partial charge in [-0.3, -0.25) is 14.9 Å². The number of benzene rings is 2. The summed E-state index contributed by atoms with van der Waals surface area (Å²) in [7, 11) is 0. The lowest BCUT2D eigenvalue weighted by Crippen LogP contribution is -2.04. The van der Waals surface area contributed by atoms with E-state index in [4.69, 9.17) is 16.3 Å². The van der Waals surface area contributed by atoms with Crippen LogP contribution in [0.15, 0.2) is 42.5 Å². The van der Waals surface area contributed by atoms with E-state index in [1.54, 1.807) is 6.92 Å². The van der Waals surface area contributed by atoms with Gasteiger partial charge >= 0.3 is 6.61 Å². The Morgan fingerprint density at radius 2 is 2.00 bits per heavy atom. The maximum Gasteiger partial charge on any atom is 0.387 e. The molecular formula is C18H14ClF2NO5. The average molecular weight is 398 g/mol. The van der Waals surface area contributed by atoms with Gasteiger partial charge in [0.15, 0.2) is 17.3 Å². The molecule has 0 atom stereocenters. The molecule has 142 valence electrons. The van der Waals surface area contributed by atoms with Gasteiger partial charge < -0.3 is 9.47 Å². The number of carbonyl (C=O) groups is 1. The Hall–Kier alpha value is -3.00. The van der Waals surface area contributed by atoms with Crippen molar-refractivity contribution in [2.24, 2.45) is 0 Å². The van der Waals surface area contributed by atoms with Crippen molar-refractivity contribution in [1.29, 1.82) is 0 Å². The standard InChI is InChI=1S/C18H14ClF2NO5/c1-2-26-17-9-11(4-8-16(17)27-18(20)21)3-7-15(23)12-5-6-13(19)14(10-12)22(24)25/h3-10,18H,2H2,1H3/b7-3+. The highest BCUT2D eigenvalue weighted by Crippen LogP contribution is 2.30. The molecule has 0 aliphatic carbocycles. The van der Waals surface area contributed by atoms with Crippen LogP contribution in [0.3, 0.4) is 0 Å². The predicted molar refractivity (Wildman–Crippen MR) is 95.7 cm³/mol. The number of carbonyl (C=O) groups excluding carboxylic acids is 1. The van der Waals surface area contributed by atoms with Gasteiger partial charge in [-0.2, -0.15) is 8.78 Å². The van der Waals surface area contributed by atoms with Gasteiger partial charge in [0.2, 0.25) is 0 Å². The van der Waals surface area contributed by atoms with Crippen LogP contribution in [0, 0.1) is 10.1 Å². The first-order valence-electron chi connectivity index (χ1n) is 7.69. The van der Waals surface area contributed by atoms with Crippen LogP contribution < -0.4 is 9.47 Å². The summed E-state index contributed by atoms with van der Waals surface area (Å²) < 4.78 is 34.4. The summed E-state index contributed by atoms with van der Waals surface area (Å²) in [6.07, 6.45) is 2.63. The Kier molecular flexibility index (Phi) is 6.84. The zero-order chi connectivity index (χ0) is 20.0. The van der Waals surface area contributed by atoms with Crippen LogP contribution in [0.4, 0.5) is 14.5 Å². The molecular weight excluding hydrogens is 384 g/mol. The largest absolute Gasteiger partial charge is 0.490 e. The van der Waals surface area contributed by atoms with E-state index in [2.05, 4.69) is 4.74 Å². The summed E-state index contributed by atoms with van der Waals surface area (Å²) in [5, 5.41) is 10.8. The van der Waals surface area contributed by atoms with Crippen LogP contribution in [-0.4, -0.2) is 23.9 Å². The fourth-order valence-corrected chi connectivity index (χ4v) is 2.35. The van der Waals surface area contributed by atoms with Gasteiger partial charge in [-0.25, -0.2) is 0 Å². The van der Waals surface area contributed by atoms with E-state index in [0.29, 0.717) is 5.56 Å². The lowest BCUT2D eigenvalue weighted by Gasteiger charge is -2.11. The molecule has 6 nitrogen and oxygen atoms in total. The molecule has 0 radical (unpaired) electrons. The molecule has 0 saturated carbocycles. The van der Waals surface area contributed by atoms with Gasteiger partial charge in [-0.05, 0) is 42.8 Å². The minimum Gasteiger partial charge on any atom is -0.490 e. The molecule has 9 heteroatoms. The third kappa shape index (κ3) is 5.49. The minimum absolute atomic E-state index is 0.0727. The van der Waals surface area contributed by atoms with Crippen LogP contribution >= 0.6 is 11.6 Å². The second-order valence-corrected chi connectivity index (χ2v) is 5.55. The first-order valence-corrected chi connectivity index (χ1v) is 8.07. The molecule has 2 aromatic rings. The van der Waals surface area contributed by atoms with Crippen molar-refractivity contribution in [2.75, 3.05) is 6.61 Å². The highest BCUT2D eigenvalue weighted by atomic mass is 35.5. The molecule has 0 amide bonds. The summed E-state index contributed by atoms with van der Waals surface area (Å²) in [4.78, 5) is 22.4. The lowest BCUT2D eigenvalue weighted by molar-refractivity contribution is -0.384. The fourth-order valence-electron chi connectivity index (χ4n) is 2.16. The Balaban J connectivity index is 2.24. The van der Waals surface area contributed by atoms with Gasteiger partial charge in [-0.1, -0.05) is 23.7 Å². The zero-order valence-corrected chi connectivity index (χ0v) is 14.8. The molecule has 0 aliphatic rings. The van der Waals surface area contributed by atoms with Crippen molar-refractivity contribution >= 4 is 29.1 Å². The molecule has 0 heterocycles. The number of hydrogen-bond acceptors (Lipinski definition) is 5. The molecule has 2 rings (SSSR count). The topological polar surface area (TPSA) is 78.7 Å². The second-order valence-electron chi connectivity index (χ2n) is 5.14. The van der Waals surface area contributed by atoms with Crippen molar-refractivity contribution in [3.05, 3.63) is 68.7 Å². The third-order valence-electron chi connectivity index (χ3n) is 3.34. The highest BCUT2D eigenvalue weighted by molar-refractivity contribution is 6.32. The van der Waals surface area contributed by atoms with Crippen LogP contribution in [0.25, 0.3) is 6.08 Å². The zero-order valence-electron chi connectivity index (χ0n) is 14.0. The molecule has 0 aromatic heterocycles. The fraction of sp³-hybridized carbons (Fsp3) is 0.167. The van der Waals surface area contributed by atoms with Crippen molar-refractivity contribution in [1.82, 2.24) is 0 Å². The quantitative estimate of drug-likeness (QED) is 0.266. The van der Waals surface area contributed by atoms with Crippen LogP contribution in [0.5, 0.6) is 11.5 Å². The van der Waals surface area contributed by atoms with E-state index in [1.165, 1.54) is 42.5 Å². The van der Waals surface area contributed by atoms with Crippen LogP contribution in [0.1, 0.15) is 22.8 Å². The van der Waals surface area contributed by atoms with Crippen molar-refractivity contribution in [3.8, 4) is 11.5 Å². The molecule has 2 aromatic carbocycles. The maximum absolute atomic E-state index is 12.4. The molecule has 0 aliphatic heterocycles. The van der Waals surface area contributed by atoms with Crippen LogP contribution in [-0.2, 0) is 0 Å². The van der Waals surface area contributed by atoms with Gasteiger partial charge in [0.1, 0.15) is 5.02 Å². The van der Waals surface area contributed by atoms with Gasteiger partial charge in [0, 0.05) is 11.6 Å². The predicted octanol–water partition coefficient (Wildman–Crippen LogP) is 5.14. The number of ketones is 1. The van der Waals surface area contributed by atoms with Crippen LogP contribution in [0.2, 0.25) is 5.02 Å². The monoisotopic (exact) mass is 397 g/mol. The number of nitrogens with zero attached hydrogens (tertiary/aromatic N) is 1. The lowest BCUT2D eigenvalue weighted by atomic mass is 10.1. The number of nitro groups is 1. The number of halogens is 3. The molecule has 0 bridgehead atoms. The molecule has 0 N–H and O–H groups in total. The first-order chi connectivity index (χ1) is 12.8. The van der Waals surface area contributed by atoms with E-state index in [9.17, 15) is 23.7 Å². The smallest absolute Gasteiger partial charge is 0.387 e. The van der Waals surface area contributed by atoms with E-state index in [1.807, 2.05) is 0 Å². The Morgan fingerprint density at radius 1 is 1.26 bits per heavy atom. The Bertz CT molecular complexity index is 886. The van der Waals surface area contributed by atoms with E-state index in [0.717, 1.165) is 6.07 Å². The number of nitro benzene ring substituents is 1.